The highest BCUT2D eigenvalue weighted by atomic mass is 32.2. The molecule has 0 aromatic heterocycles. The molecule has 0 bridgehead atoms. The van der Waals surface area contributed by atoms with E-state index in [2.05, 4.69) is 4.72 Å². The van der Waals surface area contributed by atoms with Gasteiger partial charge in [-0.25, -0.2) is 8.42 Å². The van der Waals surface area contributed by atoms with Gasteiger partial charge in [0.1, 0.15) is 0 Å². The van der Waals surface area contributed by atoms with Crippen molar-refractivity contribution in [3.05, 3.63) is 30.3 Å². The van der Waals surface area contributed by atoms with E-state index < -0.39 is 10.0 Å². The van der Waals surface area contributed by atoms with Crippen LogP contribution in [0.15, 0.2) is 30.3 Å². The molecule has 1 fully saturated rings. The Labute approximate surface area is 96.9 Å². The molecule has 0 aliphatic heterocycles. The lowest BCUT2D eigenvalue weighted by Crippen LogP contribution is -2.29. The Hall–Kier alpha value is -1.03. The molecule has 0 radical (unpaired) electrons. The number of benzene rings is 1. The molecule has 1 N–H and O–H groups in total. The van der Waals surface area contributed by atoms with E-state index in [1.165, 1.54) is 0 Å². The van der Waals surface area contributed by atoms with Gasteiger partial charge in [-0.2, -0.15) is 0 Å². The fourth-order valence-electron chi connectivity index (χ4n) is 2.13. The molecule has 1 aliphatic carbocycles. The summed E-state index contributed by atoms with van der Waals surface area (Å²) in [5, 5.41) is -0.207. The first-order valence-corrected chi connectivity index (χ1v) is 7.30. The summed E-state index contributed by atoms with van der Waals surface area (Å²) in [6.45, 7) is 0. The van der Waals surface area contributed by atoms with Gasteiger partial charge in [0.2, 0.25) is 10.0 Å². The highest BCUT2D eigenvalue weighted by molar-refractivity contribution is 7.93. The molecule has 0 saturated heterocycles. The molecular formula is C12H17NO2S. The summed E-state index contributed by atoms with van der Waals surface area (Å²) < 4.78 is 26.7. The van der Waals surface area contributed by atoms with Crippen LogP contribution in [0, 0.1) is 0 Å². The minimum atomic E-state index is -3.19. The zero-order valence-electron chi connectivity index (χ0n) is 9.22. The second-order valence-corrected chi connectivity index (χ2v) is 6.23. The first-order chi connectivity index (χ1) is 7.68. The number of hydrogen-bond acceptors (Lipinski definition) is 2. The van der Waals surface area contributed by atoms with Crippen LogP contribution < -0.4 is 4.72 Å². The number of sulfonamides is 1. The van der Waals surface area contributed by atoms with E-state index in [4.69, 9.17) is 0 Å². The Morgan fingerprint density at radius 2 is 1.62 bits per heavy atom. The van der Waals surface area contributed by atoms with Crippen LogP contribution in [0.25, 0.3) is 0 Å². The first kappa shape index (κ1) is 11.5. The second-order valence-electron chi connectivity index (χ2n) is 4.27. The minimum Gasteiger partial charge on any atom is -0.283 e. The van der Waals surface area contributed by atoms with Crippen LogP contribution in [0.2, 0.25) is 0 Å². The van der Waals surface area contributed by atoms with Crippen LogP contribution >= 0.6 is 0 Å². The van der Waals surface area contributed by atoms with E-state index in [1.807, 2.05) is 18.2 Å². The zero-order chi connectivity index (χ0) is 11.4. The van der Waals surface area contributed by atoms with Crippen LogP contribution in [-0.2, 0) is 10.0 Å². The van der Waals surface area contributed by atoms with E-state index in [-0.39, 0.29) is 5.25 Å². The molecule has 1 aromatic carbocycles. The third kappa shape index (κ3) is 2.76. The maximum atomic E-state index is 12.0. The molecule has 0 unspecified atom stereocenters. The van der Waals surface area contributed by atoms with Crippen LogP contribution in [0.3, 0.4) is 0 Å². The lowest BCUT2D eigenvalue weighted by molar-refractivity contribution is 0.486. The quantitative estimate of drug-likeness (QED) is 0.881. The molecule has 1 aliphatic rings. The van der Waals surface area contributed by atoms with Crippen LogP contribution in [0.5, 0.6) is 0 Å². The Bertz CT molecular complexity index is 422. The van der Waals surface area contributed by atoms with E-state index in [0.29, 0.717) is 5.69 Å². The van der Waals surface area contributed by atoms with Crippen molar-refractivity contribution in [3.8, 4) is 0 Å². The Kier molecular flexibility index (Phi) is 3.49. The van der Waals surface area contributed by atoms with E-state index >= 15 is 0 Å². The van der Waals surface area contributed by atoms with Crippen LogP contribution in [0.4, 0.5) is 5.69 Å². The number of anilines is 1. The smallest absolute Gasteiger partial charge is 0.235 e. The molecule has 3 nitrogen and oxygen atoms in total. The summed E-state index contributed by atoms with van der Waals surface area (Å²) >= 11 is 0. The highest BCUT2D eigenvalue weighted by Crippen LogP contribution is 2.25. The van der Waals surface area contributed by atoms with Gasteiger partial charge in [-0.1, -0.05) is 37.5 Å². The SMILES string of the molecule is O=S(=O)(Nc1ccccc1)C1CCCCC1. The highest BCUT2D eigenvalue weighted by Gasteiger charge is 2.26. The first-order valence-electron chi connectivity index (χ1n) is 5.75. The minimum absolute atomic E-state index is 0.207. The van der Waals surface area contributed by atoms with Gasteiger partial charge in [-0.15, -0.1) is 0 Å². The van der Waals surface area contributed by atoms with Gasteiger partial charge in [-0.3, -0.25) is 4.72 Å². The number of para-hydroxylation sites is 1. The van der Waals surface area contributed by atoms with Gasteiger partial charge in [0.15, 0.2) is 0 Å². The largest absolute Gasteiger partial charge is 0.283 e. The van der Waals surface area contributed by atoms with E-state index in [1.54, 1.807) is 12.1 Å². The monoisotopic (exact) mass is 239 g/mol. The lowest BCUT2D eigenvalue weighted by Gasteiger charge is -2.22. The van der Waals surface area contributed by atoms with Crippen molar-refractivity contribution in [1.29, 1.82) is 0 Å². The normalized spacial score (nSPS) is 18.2. The van der Waals surface area contributed by atoms with Gasteiger partial charge in [0.05, 0.1) is 5.25 Å². The topological polar surface area (TPSA) is 46.2 Å². The maximum Gasteiger partial charge on any atom is 0.235 e. The summed E-state index contributed by atoms with van der Waals surface area (Å²) in [4.78, 5) is 0. The fourth-order valence-corrected chi connectivity index (χ4v) is 3.71. The standard InChI is InChI=1S/C12H17NO2S/c14-16(15,12-9-5-2-6-10-12)13-11-7-3-1-4-8-11/h1,3-4,7-8,12-13H,2,5-6,9-10H2. The average molecular weight is 239 g/mol. The maximum absolute atomic E-state index is 12.0. The van der Waals surface area contributed by atoms with Gasteiger partial charge in [0.25, 0.3) is 0 Å². The fraction of sp³-hybridized carbons (Fsp3) is 0.500. The van der Waals surface area contributed by atoms with Crippen molar-refractivity contribution in [2.75, 3.05) is 4.72 Å². The zero-order valence-corrected chi connectivity index (χ0v) is 10.0. The van der Waals surface area contributed by atoms with Crippen molar-refractivity contribution in [3.63, 3.8) is 0 Å². The predicted molar refractivity (Wildman–Crippen MR) is 65.9 cm³/mol. The van der Waals surface area contributed by atoms with Gasteiger partial charge in [-0.05, 0) is 25.0 Å². The van der Waals surface area contributed by atoms with Crippen molar-refractivity contribution >= 4 is 15.7 Å². The molecule has 0 atom stereocenters. The molecule has 2 rings (SSSR count). The third-order valence-corrected chi connectivity index (χ3v) is 4.89. The van der Waals surface area contributed by atoms with Crippen LogP contribution in [-0.4, -0.2) is 13.7 Å². The Morgan fingerprint density at radius 1 is 1.00 bits per heavy atom. The molecule has 4 heteroatoms. The van der Waals surface area contributed by atoms with Gasteiger partial charge >= 0.3 is 0 Å². The summed E-state index contributed by atoms with van der Waals surface area (Å²) in [6, 6.07) is 9.09. The van der Waals surface area contributed by atoms with Crippen molar-refractivity contribution in [2.24, 2.45) is 0 Å². The predicted octanol–water partition coefficient (Wildman–Crippen LogP) is 2.76. The van der Waals surface area contributed by atoms with Gasteiger partial charge in [0, 0.05) is 5.69 Å². The summed E-state index contributed by atoms with van der Waals surface area (Å²) in [6.07, 6.45) is 4.81. The van der Waals surface area contributed by atoms with Crippen LogP contribution in [0.1, 0.15) is 32.1 Å². The molecular weight excluding hydrogens is 222 g/mol. The number of nitrogens with one attached hydrogen (secondary N) is 1. The number of hydrogen-bond donors (Lipinski definition) is 1. The molecule has 0 spiro atoms. The van der Waals surface area contributed by atoms with Crippen molar-refractivity contribution in [1.82, 2.24) is 0 Å². The van der Waals surface area contributed by atoms with Crippen molar-refractivity contribution < 1.29 is 8.42 Å². The summed E-state index contributed by atoms with van der Waals surface area (Å²) in [7, 11) is -3.19. The van der Waals surface area contributed by atoms with Gasteiger partial charge < -0.3 is 0 Å². The molecule has 1 aromatic rings. The molecule has 1 saturated carbocycles. The Morgan fingerprint density at radius 3 is 2.25 bits per heavy atom. The lowest BCUT2D eigenvalue weighted by atomic mass is 10.0. The van der Waals surface area contributed by atoms with E-state index in [9.17, 15) is 8.42 Å². The van der Waals surface area contributed by atoms with Crippen molar-refractivity contribution in [2.45, 2.75) is 37.4 Å². The molecule has 0 heterocycles. The summed E-state index contributed by atoms with van der Waals surface area (Å²) in [5.74, 6) is 0. The molecule has 0 amide bonds. The Balaban J connectivity index is 2.08. The average Bonchev–Trinajstić information content (AvgIpc) is 2.31. The molecule has 16 heavy (non-hydrogen) atoms. The number of rotatable bonds is 3. The third-order valence-electron chi connectivity index (χ3n) is 3.02. The van der Waals surface area contributed by atoms with E-state index in [0.717, 1.165) is 32.1 Å². The molecule has 88 valence electrons. The summed E-state index contributed by atoms with van der Waals surface area (Å²) in [5.41, 5.74) is 0.660. The second kappa shape index (κ2) is 4.87.